The summed E-state index contributed by atoms with van der Waals surface area (Å²) < 4.78 is 5.63. The Morgan fingerprint density at radius 3 is 2.60 bits per heavy atom. The van der Waals surface area contributed by atoms with Gasteiger partial charge in [-0.2, -0.15) is 0 Å². The second-order valence-corrected chi connectivity index (χ2v) is 4.79. The Labute approximate surface area is 126 Å². The van der Waals surface area contributed by atoms with E-state index in [1.807, 2.05) is 12.1 Å². The summed E-state index contributed by atoms with van der Waals surface area (Å²) in [5, 5.41) is 5.35. The van der Waals surface area contributed by atoms with Crippen LogP contribution in [0.25, 0.3) is 0 Å². The minimum atomic E-state index is -0.704. The minimum Gasteiger partial charge on any atom is -0.468 e. The molecule has 0 unspecified atom stereocenters. The topological polar surface area (TPSA) is 67.4 Å². The predicted octanol–water partition coefficient (Wildman–Crippen LogP) is 1.00. The lowest BCUT2D eigenvalue weighted by Gasteiger charge is -2.16. The van der Waals surface area contributed by atoms with E-state index in [2.05, 4.69) is 32.5 Å². The van der Waals surface area contributed by atoms with Gasteiger partial charge in [0, 0.05) is 4.47 Å². The third kappa shape index (κ3) is 5.03. The van der Waals surface area contributed by atoms with Crippen molar-refractivity contribution in [3.8, 4) is 12.3 Å². The molecular formula is C14H15BrN2O3. The highest BCUT2D eigenvalue weighted by atomic mass is 79.9. The number of halogens is 1. The SMILES string of the molecule is C#CCNC(=O)CN[C@H](C(=O)OC)c1ccc(Br)cc1. The Hall–Kier alpha value is -1.84. The van der Waals surface area contributed by atoms with E-state index in [9.17, 15) is 9.59 Å². The molecule has 0 fully saturated rings. The third-order valence-corrected chi connectivity index (χ3v) is 3.02. The first-order valence-electron chi connectivity index (χ1n) is 5.85. The van der Waals surface area contributed by atoms with Gasteiger partial charge in [0.2, 0.25) is 5.91 Å². The van der Waals surface area contributed by atoms with Crippen LogP contribution in [0.1, 0.15) is 11.6 Å². The van der Waals surface area contributed by atoms with Gasteiger partial charge in [-0.25, -0.2) is 4.79 Å². The minimum absolute atomic E-state index is 0.0302. The molecule has 1 amide bonds. The molecule has 1 aromatic rings. The number of terminal acetylenes is 1. The van der Waals surface area contributed by atoms with Crippen molar-refractivity contribution in [2.45, 2.75) is 6.04 Å². The van der Waals surface area contributed by atoms with Crippen molar-refractivity contribution in [2.75, 3.05) is 20.2 Å². The lowest BCUT2D eigenvalue weighted by molar-refractivity contribution is -0.143. The van der Waals surface area contributed by atoms with E-state index in [1.165, 1.54) is 7.11 Å². The highest BCUT2D eigenvalue weighted by molar-refractivity contribution is 9.10. The highest BCUT2D eigenvalue weighted by Crippen LogP contribution is 2.17. The summed E-state index contributed by atoms with van der Waals surface area (Å²) in [6, 6.07) is 6.47. The van der Waals surface area contributed by atoms with Crippen molar-refractivity contribution in [1.29, 1.82) is 0 Å². The Kier molecular flexibility index (Phi) is 6.77. The normalized spacial score (nSPS) is 11.2. The third-order valence-electron chi connectivity index (χ3n) is 2.49. The molecule has 1 aromatic carbocycles. The lowest BCUT2D eigenvalue weighted by atomic mass is 10.1. The van der Waals surface area contributed by atoms with Gasteiger partial charge in [-0.05, 0) is 17.7 Å². The molecule has 106 valence electrons. The van der Waals surface area contributed by atoms with Crippen LogP contribution in [0.3, 0.4) is 0 Å². The zero-order valence-corrected chi connectivity index (χ0v) is 12.6. The van der Waals surface area contributed by atoms with E-state index in [0.29, 0.717) is 5.56 Å². The molecule has 2 N–H and O–H groups in total. The summed E-state index contributed by atoms with van der Waals surface area (Å²) in [4.78, 5) is 23.2. The summed E-state index contributed by atoms with van der Waals surface area (Å²) in [6.07, 6.45) is 5.04. The van der Waals surface area contributed by atoms with Crippen LogP contribution in [-0.4, -0.2) is 32.1 Å². The number of hydrogen-bond acceptors (Lipinski definition) is 4. The first kappa shape index (κ1) is 16.2. The van der Waals surface area contributed by atoms with E-state index in [0.717, 1.165) is 4.47 Å². The van der Waals surface area contributed by atoms with Gasteiger partial charge in [0.15, 0.2) is 0 Å². The molecule has 0 aliphatic carbocycles. The van der Waals surface area contributed by atoms with E-state index >= 15 is 0 Å². The van der Waals surface area contributed by atoms with Crippen molar-refractivity contribution in [3.63, 3.8) is 0 Å². The van der Waals surface area contributed by atoms with Crippen LogP contribution < -0.4 is 10.6 Å². The van der Waals surface area contributed by atoms with Crippen LogP contribution in [-0.2, 0) is 14.3 Å². The quantitative estimate of drug-likeness (QED) is 0.600. The molecule has 1 rings (SSSR count). The molecule has 0 aliphatic rings. The fraction of sp³-hybridized carbons (Fsp3) is 0.286. The number of carbonyl (C=O) groups excluding carboxylic acids is 2. The van der Waals surface area contributed by atoms with Gasteiger partial charge in [0.25, 0.3) is 0 Å². The van der Waals surface area contributed by atoms with Crippen LogP contribution in [0.5, 0.6) is 0 Å². The number of carbonyl (C=O) groups is 2. The molecular weight excluding hydrogens is 324 g/mol. The van der Waals surface area contributed by atoms with Gasteiger partial charge in [-0.15, -0.1) is 6.42 Å². The van der Waals surface area contributed by atoms with Crippen molar-refractivity contribution >= 4 is 27.8 Å². The molecule has 0 aliphatic heterocycles. The maximum Gasteiger partial charge on any atom is 0.327 e. The van der Waals surface area contributed by atoms with Gasteiger partial charge in [-0.1, -0.05) is 34.0 Å². The van der Waals surface area contributed by atoms with Gasteiger partial charge in [0.05, 0.1) is 20.2 Å². The average molecular weight is 339 g/mol. The molecule has 1 atom stereocenters. The first-order chi connectivity index (χ1) is 9.58. The summed E-state index contributed by atoms with van der Waals surface area (Å²) in [7, 11) is 1.30. The highest BCUT2D eigenvalue weighted by Gasteiger charge is 2.21. The van der Waals surface area contributed by atoms with Gasteiger partial charge >= 0.3 is 5.97 Å². The Morgan fingerprint density at radius 2 is 2.05 bits per heavy atom. The zero-order chi connectivity index (χ0) is 15.0. The summed E-state index contributed by atoms with van der Waals surface area (Å²) in [6.45, 7) is 0.124. The monoisotopic (exact) mass is 338 g/mol. The van der Waals surface area contributed by atoms with Crippen molar-refractivity contribution in [3.05, 3.63) is 34.3 Å². The molecule has 20 heavy (non-hydrogen) atoms. The van der Waals surface area contributed by atoms with Crippen LogP contribution in [0.4, 0.5) is 0 Å². The molecule has 6 heteroatoms. The fourth-order valence-corrected chi connectivity index (χ4v) is 1.78. The summed E-state index contributed by atoms with van der Waals surface area (Å²) >= 11 is 3.32. The Balaban J connectivity index is 2.71. The Morgan fingerprint density at radius 1 is 1.40 bits per heavy atom. The molecule has 0 bridgehead atoms. The van der Waals surface area contributed by atoms with Crippen molar-refractivity contribution in [2.24, 2.45) is 0 Å². The molecule has 0 saturated carbocycles. The molecule has 0 heterocycles. The standard InChI is InChI=1S/C14H15BrN2O3/c1-3-8-16-12(18)9-17-13(14(19)20-2)10-4-6-11(15)7-5-10/h1,4-7,13,17H,8-9H2,2H3,(H,16,18)/t13-/m0/s1. The van der Waals surface area contributed by atoms with Gasteiger partial charge < -0.3 is 10.1 Å². The number of hydrogen-bond donors (Lipinski definition) is 2. The van der Waals surface area contributed by atoms with Crippen molar-refractivity contribution < 1.29 is 14.3 Å². The molecule has 0 aromatic heterocycles. The molecule has 0 spiro atoms. The number of nitrogens with one attached hydrogen (secondary N) is 2. The number of rotatable bonds is 6. The first-order valence-corrected chi connectivity index (χ1v) is 6.64. The van der Waals surface area contributed by atoms with Gasteiger partial charge in [0.1, 0.15) is 6.04 Å². The maximum atomic E-state index is 11.8. The smallest absolute Gasteiger partial charge is 0.327 e. The van der Waals surface area contributed by atoms with Crippen LogP contribution >= 0.6 is 15.9 Å². The number of amides is 1. The van der Waals surface area contributed by atoms with E-state index < -0.39 is 12.0 Å². The maximum absolute atomic E-state index is 11.8. The fourth-order valence-electron chi connectivity index (χ4n) is 1.52. The summed E-state index contributed by atoms with van der Waals surface area (Å²) in [5.41, 5.74) is 0.713. The molecule has 0 saturated heterocycles. The Bertz CT molecular complexity index is 508. The van der Waals surface area contributed by atoms with Crippen LogP contribution in [0.2, 0.25) is 0 Å². The molecule has 0 radical (unpaired) electrons. The number of methoxy groups -OCH3 is 1. The number of ether oxygens (including phenoxy) is 1. The zero-order valence-electron chi connectivity index (χ0n) is 11.0. The average Bonchev–Trinajstić information content (AvgIpc) is 2.46. The van der Waals surface area contributed by atoms with Crippen LogP contribution in [0, 0.1) is 12.3 Å². The van der Waals surface area contributed by atoms with E-state index in [-0.39, 0.29) is 19.0 Å². The second-order valence-electron chi connectivity index (χ2n) is 3.87. The van der Waals surface area contributed by atoms with Gasteiger partial charge in [-0.3, -0.25) is 10.1 Å². The lowest BCUT2D eigenvalue weighted by Crippen LogP contribution is -2.38. The van der Waals surface area contributed by atoms with E-state index in [4.69, 9.17) is 11.2 Å². The second kappa shape index (κ2) is 8.35. The summed E-state index contributed by atoms with van der Waals surface area (Å²) in [5.74, 6) is 1.56. The number of benzene rings is 1. The van der Waals surface area contributed by atoms with Crippen LogP contribution in [0.15, 0.2) is 28.7 Å². The van der Waals surface area contributed by atoms with E-state index in [1.54, 1.807) is 12.1 Å². The molecule has 5 nitrogen and oxygen atoms in total. The number of esters is 1. The predicted molar refractivity (Wildman–Crippen MR) is 78.7 cm³/mol. The van der Waals surface area contributed by atoms with Crippen molar-refractivity contribution in [1.82, 2.24) is 10.6 Å². The largest absolute Gasteiger partial charge is 0.468 e.